The van der Waals surface area contributed by atoms with Gasteiger partial charge in [-0.15, -0.1) is 10.2 Å². The third-order valence-corrected chi connectivity index (χ3v) is 10.7. The number of nitrogen functional groups attached to an aromatic ring is 1. The maximum atomic E-state index is 12.2. The van der Waals surface area contributed by atoms with Crippen LogP contribution < -0.4 is 5.73 Å². The summed E-state index contributed by atoms with van der Waals surface area (Å²) in [6.45, 7) is 3.21. The van der Waals surface area contributed by atoms with Crippen LogP contribution in [-0.2, 0) is 40.5 Å². The minimum Gasteiger partial charge on any atom is -0.398 e. The van der Waals surface area contributed by atoms with Crippen molar-refractivity contribution in [3.63, 3.8) is 0 Å². The number of azo groups is 2. The smallest absolute Gasteiger partial charge is 0.296 e. The van der Waals surface area contributed by atoms with Crippen molar-refractivity contribution in [2.24, 2.45) is 20.5 Å². The molecule has 0 saturated heterocycles. The third kappa shape index (κ3) is 7.33. The van der Waals surface area contributed by atoms with E-state index in [0.717, 1.165) is 12.1 Å². The van der Waals surface area contributed by atoms with Gasteiger partial charge in [0, 0.05) is 27.2 Å². The van der Waals surface area contributed by atoms with Crippen LogP contribution in [0, 0.1) is 13.8 Å². The Morgan fingerprint density at radius 1 is 0.469 bits per heavy atom. The number of aryl methyl sites for hydroxylation is 2. The number of nitrogens with two attached hydrogens (primary N) is 1. The molecule has 0 amide bonds. The zero-order valence-electron chi connectivity index (χ0n) is 24.9. The number of benzene rings is 5. The normalized spacial score (nSPS) is 13.3. The summed E-state index contributed by atoms with van der Waals surface area (Å²) < 4.78 is 134. The molecule has 0 aromatic heterocycles. The van der Waals surface area contributed by atoms with Gasteiger partial charge in [-0.2, -0.15) is 43.9 Å². The molecule has 0 radical (unpaired) electrons. The summed E-state index contributed by atoms with van der Waals surface area (Å²) in [4.78, 5) is -3.27. The molecule has 49 heavy (non-hydrogen) atoms. The van der Waals surface area contributed by atoms with Crippen molar-refractivity contribution in [3.8, 4) is 0 Å². The Morgan fingerprint density at radius 2 is 0.980 bits per heavy atom. The van der Waals surface area contributed by atoms with Crippen LogP contribution in [0.15, 0.2) is 107 Å². The summed E-state index contributed by atoms with van der Waals surface area (Å²) in [5, 5.41) is 16.3. The maximum absolute atomic E-state index is 12.2. The molecule has 17 nitrogen and oxygen atoms in total. The van der Waals surface area contributed by atoms with Crippen molar-refractivity contribution in [2.75, 3.05) is 5.73 Å². The van der Waals surface area contributed by atoms with Gasteiger partial charge >= 0.3 is 0 Å². The van der Waals surface area contributed by atoms with Crippen molar-refractivity contribution < 1.29 is 51.9 Å². The van der Waals surface area contributed by atoms with Gasteiger partial charge < -0.3 is 5.73 Å². The topological polar surface area (TPSA) is 293 Å². The zero-order chi connectivity index (χ0) is 36.3. The van der Waals surface area contributed by atoms with Crippen LogP contribution in [0.2, 0.25) is 0 Å². The minimum atomic E-state index is -5.13. The number of rotatable bonds is 8. The second-order valence-corrected chi connectivity index (χ2v) is 16.2. The largest absolute Gasteiger partial charge is 0.398 e. The summed E-state index contributed by atoms with van der Waals surface area (Å²) in [7, 11) is -19.8. The monoisotopic (exact) mass is 749 g/mol. The lowest BCUT2D eigenvalue weighted by Gasteiger charge is -2.11. The molecular weight excluding hydrogens is 727 g/mol. The molecular formula is C28H23N5O12S4. The lowest BCUT2D eigenvalue weighted by Crippen LogP contribution is -2.05. The standard InChI is InChI=1S/C28H23N5O12S4/c1-14-10-25(15(2)9-24(14)31-30-23-7-6-22(29)20-11-16(46(34,35)36)3-4-18(20)23)32-33-28-21-12-17(47(37,38)39)13-27(49(43,44)45)19(21)5-8-26(28)48(40,41)42/h3-13H,29H2,1-2H3,(H,34,35,36)(H,37,38,39)(H,40,41,42)(H,43,44,45). The second kappa shape index (κ2) is 12.3. The van der Waals surface area contributed by atoms with Gasteiger partial charge in [0.05, 0.1) is 26.9 Å². The number of hydrogen-bond acceptors (Lipinski definition) is 13. The third-order valence-electron chi connectivity index (χ3n) is 7.19. The maximum Gasteiger partial charge on any atom is 0.296 e. The van der Waals surface area contributed by atoms with E-state index in [0.29, 0.717) is 45.4 Å². The number of anilines is 1. The highest BCUT2D eigenvalue weighted by atomic mass is 32.2. The minimum absolute atomic E-state index is 0.131. The molecule has 0 spiro atoms. The molecule has 5 aromatic carbocycles. The van der Waals surface area contributed by atoms with E-state index in [1.165, 1.54) is 30.3 Å². The summed E-state index contributed by atoms with van der Waals surface area (Å²) in [5.41, 5.74) is 7.20. The number of hydrogen-bond donors (Lipinski definition) is 5. The van der Waals surface area contributed by atoms with Crippen molar-refractivity contribution in [3.05, 3.63) is 77.9 Å². The molecule has 0 fully saturated rings. The van der Waals surface area contributed by atoms with Gasteiger partial charge in [0.2, 0.25) is 0 Å². The van der Waals surface area contributed by atoms with Gasteiger partial charge in [-0.25, -0.2) is 0 Å². The van der Waals surface area contributed by atoms with Crippen LogP contribution >= 0.6 is 0 Å². The average Bonchev–Trinajstić information content (AvgIpc) is 2.98. The van der Waals surface area contributed by atoms with Crippen LogP contribution in [-0.4, -0.2) is 51.9 Å². The highest BCUT2D eigenvalue weighted by molar-refractivity contribution is 7.87. The van der Waals surface area contributed by atoms with E-state index in [2.05, 4.69) is 20.5 Å². The Hall–Kier alpha value is -4.74. The van der Waals surface area contributed by atoms with Gasteiger partial charge in [-0.05, 0) is 79.6 Å². The fraction of sp³-hybridized carbons (Fsp3) is 0.0714. The SMILES string of the molecule is Cc1cc(N=Nc2c(S(=O)(=O)O)ccc3c(S(=O)(=O)O)cc(S(=O)(=O)O)cc23)c(C)cc1N=Nc1ccc(N)c2cc(S(=O)(=O)O)ccc12. The van der Waals surface area contributed by atoms with E-state index in [1.807, 2.05) is 0 Å². The zero-order valence-corrected chi connectivity index (χ0v) is 28.2. The first-order valence-corrected chi connectivity index (χ1v) is 19.1. The summed E-state index contributed by atoms with van der Waals surface area (Å²) in [5.74, 6) is 0. The first-order valence-electron chi connectivity index (χ1n) is 13.3. The van der Waals surface area contributed by atoms with Gasteiger partial charge in [0.15, 0.2) is 0 Å². The van der Waals surface area contributed by atoms with Crippen LogP contribution in [0.25, 0.3) is 21.5 Å². The Morgan fingerprint density at radius 3 is 1.53 bits per heavy atom. The highest BCUT2D eigenvalue weighted by Gasteiger charge is 2.26. The molecule has 0 bridgehead atoms. The Bertz CT molecular complexity index is 2750. The quantitative estimate of drug-likeness (QED) is 0.0690. The molecule has 5 rings (SSSR count). The van der Waals surface area contributed by atoms with E-state index in [9.17, 15) is 51.9 Å². The molecule has 5 aromatic rings. The van der Waals surface area contributed by atoms with Gasteiger partial charge in [0.25, 0.3) is 40.5 Å². The van der Waals surface area contributed by atoms with Gasteiger partial charge in [-0.1, -0.05) is 12.1 Å². The Kier molecular flexibility index (Phi) is 8.93. The van der Waals surface area contributed by atoms with E-state index in [1.54, 1.807) is 26.0 Å². The van der Waals surface area contributed by atoms with E-state index in [4.69, 9.17) is 5.73 Å². The van der Waals surface area contributed by atoms with Gasteiger partial charge in [-0.3, -0.25) is 18.2 Å². The summed E-state index contributed by atoms with van der Waals surface area (Å²) in [6, 6.07) is 12.7. The van der Waals surface area contributed by atoms with Crippen molar-refractivity contribution in [1.29, 1.82) is 0 Å². The first-order chi connectivity index (χ1) is 22.6. The molecule has 0 aliphatic carbocycles. The molecule has 0 saturated carbocycles. The molecule has 0 atom stereocenters. The second-order valence-electron chi connectivity index (χ2n) is 10.5. The molecule has 256 valence electrons. The lowest BCUT2D eigenvalue weighted by atomic mass is 10.1. The number of nitrogens with zero attached hydrogens (tertiary/aromatic N) is 4. The highest BCUT2D eigenvalue weighted by Crippen LogP contribution is 2.40. The van der Waals surface area contributed by atoms with E-state index >= 15 is 0 Å². The van der Waals surface area contributed by atoms with Crippen molar-refractivity contribution >= 4 is 90.5 Å². The Balaban J connectivity index is 1.62. The van der Waals surface area contributed by atoms with Crippen LogP contribution in [0.1, 0.15) is 11.1 Å². The van der Waals surface area contributed by atoms with E-state index in [-0.39, 0.29) is 16.3 Å². The fourth-order valence-corrected chi connectivity index (χ4v) is 7.29. The van der Waals surface area contributed by atoms with Gasteiger partial charge in [0.1, 0.15) is 15.5 Å². The molecule has 0 heterocycles. The molecule has 0 aliphatic heterocycles. The van der Waals surface area contributed by atoms with Crippen LogP contribution in [0.5, 0.6) is 0 Å². The fourth-order valence-electron chi connectivity index (χ4n) is 4.81. The molecule has 0 aliphatic rings. The molecule has 0 unspecified atom stereocenters. The van der Waals surface area contributed by atoms with Crippen molar-refractivity contribution in [2.45, 2.75) is 33.4 Å². The lowest BCUT2D eigenvalue weighted by molar-refractivity contribution is 0.479. The summed E-state index contributed by atoms with van der Waals surface area (Å²) in [6.07, 6.45) is 0. The summed E-state index contributed by atoms with van der Waals surface area (Å²) >= 11 is 0. The molecule has 6 N–H and O–H groups in total. The Labute approximate surface area is 278 Å². The predicted octanol–water partition coefficient (Wildman–Crippen LogP) is 6.01. The van der Waals surface area contributed by atoms with Crippen molar-refractivity contribution in [1.82, 2.24) is 0 Å². The van der Waals surface area contributed by atoms with Crippen LogP contribution in [0.4, 0.5) is 28.4 Å². The first kappa shape index (κ1) is 35.6. The average molecular weight is 750 g/mol. The molecule has 21 heteroatoms. The predicted molar refractivity (Wildman–Crippen MR) is 176 cm³/mol. The number of fused-ring (bicyclic) bond motifs is 2. The van der Waals surface area contributed by atoms with Crippen LogP contribution in [0.3, 0.4) is 0 Å². The van der Waals surface area contributed by atoms with E-state index < -0.39 is 71.6 Å².